The number of thiophene rings is 1. The maximum Gasteiger partial charge on any atom is 0.159 e. The molecule has 2 aromatic carbocycles. The number of hydrazone groups is 1. The van der Waals surface area contributed by atoms with Crippen LogP contribution in [0.1, 0.15) is 11.3 Å². The van der Waals surface area contributed by atoms with E-state index >= 15 is 0 Å². The van der Waals surface area contributed by atoms with Gasteiger partial charge in [-0.2, -0.15) is 5.10 Å². The van der Waals surface area contributed by atoms with E-state index in [-0.39, 0.29) is 0 Å². The van der Waals surface area contributed by atoms with Crippen molar-refractivity contribution in [2.24, 2.45) is 5.10 Å². The van der Waals surface area contributed by atoms with Crippen LogP contribution in [0.15, 0.2) is 71.4 Å². The van der Waals surface area contributed by atoms with Gasteiger partial charge in [-0.05, 0) is 18.6 Å². The summed E-state index contributed by atoms with van der Waals surface area (Å²) in [5.41, 5.74) is 8.64. The van der Waals surface area contributed by atoms with E-state index in [4.69, 9.17) is 0 Å². The van der Waals surface area contributed by atoms with Crippen molar-refractivity contribution in [3.8, 4) is 11.1 Å². The molecule has 0 atom stereocenters. The molecular formula is C22H17N5S. The second-order valence-electron chi connectivity index (χ2n) is 6.50. The summed E-state index contributed by atoms with van der Waals surface area (Å²) in [6, 6.07) is 18.5. The maximum atomic E-state index is 4.48. The number of hydrogen-bond acceptors (Lipinski definition) is 5. The second kappa shape index (κ2) is 6.90. The van der Waals surface area contributed by atoms with E-state index in [0.29, 0.717) is 5.82 Å². The van der Waals surface area contributed by atoms with Crippen molar-refractivity contribution in [3.05, 3.63) is 77.6 Å². The van der Waals surface area contributed by atoms with Crippen molar-refractivity contribution in [1.29, 1.82) is 0 Å². The molecular weight excluding hydrogens is 366 g/mol. The predicted molar refractivity (Wildman–Crippen MR) is 117 cm³/mol. The monoisotopic (exact) mass is 383 g/mol. The molecule has 0 amide bonds. The highest BCUT2D eigenvalue weighted by atomic mass is 32.1. The van der Waals surface area contributed by atoms with E-state index in [1.54, 1.807) is 17.7 Å². The van der Waals surface area contributed by atoms with Crippen LogP contribution in [-0.4, -0.2) is 21.2 Å². The van der Waals surface area contributed by atoms with Gasteiger partial charge >= 0.3 is 0 Å². The molecule has 0 fully saturated rings. The third-order valence-corrected chi connectivity index (χ3v) is 5.65. The average molecular weight is 383 g/mol. The minimum atomic E-state index is 0.707. The Kier molecular flexibility index (Phi) is 4.10. The first-order valence-electron chi connectivity index (χ1n) is 8.95. The summed E-state index contributed by atoms with van der Waals surface area (Å²) in [7, 11) is 0. The van der Waals surface area contributed by atoms with Crippen LogP contribution in [0.3, 0.4) is 0 Å². The van der Waals surface area contributed by atoms with Crippen molar-refractivity contribution in [2.75, 3.05) is 5.43 Å². The summed E-state index contributed by atoms with van der Waals surface area (Å²) in [6.45, 7) is 2.05. The van der Waals surface area contributed by atoms with E-state index in [1.807, 2.05) is 36.5 Å². The SMILES string of the molecule is Cc1[nH]c2ccccc2c1C=NNc1ncnc2scc(-c3ccccc3)c12. The van der Waals surface area contributed by atoms with Crippen LogP contribution in [-0.2, 0) is 0 Å². The molecule has 0 saturated heterocycles. The normalized spacial score (nSPS) is 11.6. The molecule has 0 radical (unpaired) electrons. The molecule has 3 heterocycles. The fourth-order valence-electron chi connectivity index (χ4n) is 3.41. The second-order valence-corrected chi connectivity index (χ2v) is 7.36. The van der Waals surface area contributed by atoms with Gasteiger partial charge in [-0.3, -0.25) is 5.43 Å². The zero-order valence-electron chi connectivity index (χ0n) is 15.2. The summed E-state index contributed by atoms with van der Waals surface area (Å²) in [5.74, 6) is 0.707. The number of hydrogen-bond donors (Lipinski definition) is 2. The quantitative estimate of drug-likeness (QED) is 0.314. The smallest absolute Gasteiger partial charge is 0.159 e. The fourth-order valence-corrected chi connectivity index (χ4v) is 4.33. The van der Waals surface area contributed by atoms with Crippen molar-refractivity contribution >= 4 is 44.5 Å². The van der Waals surface area contributed by atoms with E-state index in [0.717, 1.165) is 43.5 Å². The molecule has 3 aromatic heterocycles. The molecule has 5 aromatic rings. The lowest BCUT2D eigenvalue weighted by molar-refractivity contribution is 1.19. The van der Waals surface area contributed by atoms with Gasteiger partial charge < -0.3 is 4.98 Å². The highest BCUT2D eigenvalue weighted by Crippen LogP contribution is 2.36. The number of aryl methyl sites for hydroxylation is 1. The molecule has 0 spiro atoms. The molecule has 5 rings (SSSR count). The molecule has 5 nitrogen and oxygen atoms in total. The Bertz CT molecular complexity index is 1300. The highest BCUT2D eigenvalue weighted by Gasteiger charge is 2.12. The number of nitrogens with one attached hydrogen (secondary N) is 2. The lowest BCUT2D eigenvalue weighted by Crippen LogP contribution is -1.96. The minimum absolute atomic E-state index is 0.707. The Morgan fingerprint density at radius 3 is 2.75 bits per heavy atom. The number of anilines is 1. The van der Waals surface area contributed by atoms with Crippen LogP contribution in [0.4, 0.5) is 5.82 Å². The molecule has 0 aliphatic heterocycles. The highest BCUT2D eigenvalue weighted by molar-refractivity contribution is 7.17. The first kappa shape index (κ1) is 16.6. The topological polar surface area (TPSA) is 66.0 Å². The van der Waals surface area contributed by atoms with Crippen molar-refractivity contribution in [3.63, 3.8) is 0 Å². The zero-order valence-corrected chi connectivity index (χ0v) is 16.0. The average Bonchev–Trinajstić information content (AvgIpc) is 3.30. The first-order valence-corrected chi connectivity index (χ1v) is 9.83. The van der Waals surface area contributed by atoms with Crippen LogP contribution < -0.4 is 5.43 Å². The number of fused-ring (bicyclic) bond motifs is 2. The minimum Gasteiger partial charge on any atom is -0.358 e. The zero-order chi connectivity index (χ0) is 18.9. The molecule has 136 valence electrons. The Labute approximate surface area is 165 Å². The lowest BCUT2D eigenvalue weighted by atomic mass is 10.1. The Balaban J connectivity index is 1.53. The van der Waals surface area contributed by atoms with Crippen LogP contribution in [0.2, 0.25) is 0 Å². The fraction of sp³-hybridized carbons (Fsp3) is 0.0455. The van der Waals surface area contributed by atoms with Crippen LogP contribution in [0.5, 0.6) is 0 Å². The van der Waals surface area contributed by atoms with Crippen LogP contribution in [0.25, 0.3) is 32.2 Å². The number of para-hydroxylation sites is 1. The molecule has 2 N–H and O–H groups in total. The molecule has 0 bridgehead atoms. The van der Waals surface area contributed by atoms with E-state index in [9.17, 15) is 0 Å². The number of H-pyrrole nitrogens is 1. The Hall–Kier alpha value is -3.51. The third-order valence-electron chi connectivity index (χ3n) is 4.76. The van der Waals surface area contributed by atoms with Gasteiger partial charge in [0.2, 0.25) is 0 Å². The van der Waals surface area contributed by atoms with Gasteiger partial charge in [-0.15, -0.1) is 11.3 Å². The summed E-state index contributed by atoms with van der Waals surface area (Å²) >= 11 is 1.61. The number of nitrogens with zero attached hydrogens (tertiary/aromatic N) is 3. The lowest BCUT2D eigenvalue weighted by Gasteiger charge is -2.04. The number of rotatable bonds is 4. The summed E-state index contributed by atoms with van der Waals surface area (Å²) in [5, 5.41) is 8.74. The Morgan fingerprint density at radius 2 is 1.86 bits per heavy atom. The van der Waals surface area contributed by atoms with Crippen molar-refractivity contribution in [1.82, 2.24) is 15.0 Å². The van der Waals surface area contributed by atoms with E-state index < -0.39 is 0 Å². The molecule has 0 aliphatic carbocycles. The van der Waals surface area contributed by atoms with Gasteiger partial charge in [0.1, 0.15) is 11.2 Å². The number of benzene rings is 2. The number of aromatic nitrogens is 3. The molecule has 0 aliphatic rings. The van der Waals surface area contributed by atoms with Gasteiger partial charge in [0, 0.05) is 33.1 Å². The van der Waals surface area contributed by atoms with Crippen molar-refractivity contribution in [2.45, 2.75) is 6.92 Å². The summed E-state index contributed by atoms with van der Waals surface area (Å²) in [6.07, 6.45) is 3.42. The standard InChI is InChI=1S/C22H17N5S/c1-14-17(16-9-5-6-10-19(16)26-14)11-25-27-21-20-18(15-7-3-2-4-8-15)12-28-22(20)24-13-23-21/h2-13,26H,1H3,(H,23,24,27). The maximum absolute atomic E-state index is 4.48. The van der Waals surface area contributed by atoms with Gasteiger partial charge in [0.25, 0.3) is 0 Å². The molecule has 0 saturated carbocycles. The third kappa shape index (κ3) is 2.84. The van der Waals surface area contributed by atoms with Gasteiger partial charge in [0.15, 0.2) is 5.82 Å². The Morgan fingerprint density at radius 1 is 1.04 bits per heavy atom. The van der Waals surface area contributed by atoms with Gasteiger partial charge in [-0.1, -0.05) is 48.5 Å². The summed E-state index contributed by atoms with van der Waals surface area (Å²) in [4.78, 5) is 13.2. The first-order chi connectivity index (χ1) is 13.8. The predicted octanol–water partition coefficient (Wildman–Crippen LogP) is 5.59. The van der Waals surface area contributed by atoms with E-state index in [2.05, 4.69) is 62.0 Å². The molecule has 28 heavy (non-hydrogen) atoms. The summed E-state index contributed by atoms with van der Waals surface area (Å²) < 4.78 is 0. The number of aromatic amines is 1. The van der Waals surface area contributed by atoms with Crippen LogP contribution in [0, 0.1) is 6.92 Å². The van der Waals surface area contributed by atoms with Crippen LogP contribution >= 0.6 is 11.3 Å². The van der Waals surface area contributed by atoms with Crippen molar-refractivity contribution < 1.29 is 0 Å². The molecule has 6 heteroatoms. The molecule has 0 unspecified atom stereocenters. The van der Waals surface area contributed by atoms with E-state index in [1.165, 1.54) is 0 Å². The van der Waals surface area contributed by atoms with Gasteiger partial charge in [-0.25, -0.2) is 9.97 Å². The van der Waals surface area contributed by atoms with Gasteiger partial charge in [0.05, 0.1) is 11.6 Å². The largest absolute Gasteiger partial charge is 0.358 e.